The second kappa shape index (κ2) is 9.93. The Morgan fingerprint density at radius 3 is 2.52 bits per heavy atom. The predicted octanol–water partition coefficient (Wildman–Crippen LogP) is 4.18. The monoisotopic (exact) mass is 420 g/mol. The van der Waals surface area contributed by atoms with Gasteiger partial charge < -0.3 is 15.4 Å². The molecule has 1 aromatic heterocycles. The smallest absolute Gasteiger partial charge is 0.252 e. The van der Waals surface area contributed by atoms with Crippen molar-refractivity contribution in [2.45, 2.75) is 33.2 Å². The van der Waals surface area contributed by atoms with Gasteiger partial charge in [0.15, 0.2) is 5.82 Å². The Morgan fingerprint density at radius 1 is 1.10 bits per heavy atom. The highest BCUT2D eigenvalue weighted by molar-refractivity contribution is 6.01. The fourth-order valence-electron chi connectivity index (χ4n) is 3.37. The lowest BCUT2D eigenvalue weighted by molar-refractivity contribution is -0.118. The van der Waals surface area contributed by atoms with Crippen LogP contribution in [0.3, 0.4) is 0 Å². The predicted molar refractivity (Wildman–Crippen MR) is 121 cm³/mol. The number of rotatable bonds is 8. The number of nitrogens with one attached hydrogen (secondary N) is 3. The lowest BCUT2D eigenvalue weighted by Gasteiger charge is -2.20. The Labute approximate surface area is 182 Å². The number of benzene rings is 2. The van der Waals surface area contributed by atoms with Gasteiger partial charge in [-0.15, -0.1) is 0 Å². The summed E-state index contributed by atoms with van der Waals surface area (Å²) in [7, 11) is 1.60. The number of nitrogens with zero attached hydrogens (tertiary/aromatic N) is 1. The van der Waals surface area contributed by atoms with Crippen LogP contribution in [0.15, 0.2) is 54.6 Å². The number of hydrogen-bond acceptors (Lipinski definition) is 4. The van der Waals surface area contributed by atoms with Crippen LogP contribution in [0, 0.1) is 12.8 Å². The summed E-state index contributed by atoms with van der Waals surface area (Å²) in [6.45, 7) is 5.89. The number of para-hydroxylation sites is 1. The van der Waals surface area contributed by atoms with Gasteiger partial charge in [0.25, 0.3) is 5.91 Å². The van der Waals surface area contributed by atoms with Gasteiger partial charge in [0.1, 0.15) is 11.8 Å². The highest BCUT2D eigenvalue weighted by atomic mass is 16.5. The molecule has 0 radical (unpaired) electrons. The van der Waals surface area contributed by atoms with E-state index in [0.29, 0.717) is 23.6 Å². The van der Waals surface area contributed by atoms with Crippen molar-refractivity contribution in [2.75, 3.05) is 12.4 Å². The summed E-state index contributed by atoms with van der Waals surface area (Å²) in [4.78, 5) is 25.7. The number of aromatic nitrogens is 2. The zero-order chi connectivity index (χ0) is 22.4. The average Bonchev–Trinajstić information content (AvgIpc) is 3.21. The molecule has 0 saturated heterocycles. The summed E-state index contributed by atoms with van der Waals surface area (Å²) in [6, 6.07) is 15.9. The van der Waals surface area contributed by atoms with Gasteiger partial charge in [-0.3, -0.25) is 14.7 Å². The third-order valence-corrected chi connectivity index (χ3v) is 4.94. The Kier molecular flexibility index (Phi) is 7.07. The number of hydrogen-bond donors (Lipinski definition) is 3. The second-order valence-electron chi connectivity index (χ2n) is 7.83. The Hall–Kier alpha value is -3.61. The quantitative estimate of drug-likeness (QED) is 0.509. The van der Waals surface area contributed by atoms with Crippen molar-refractivity contribution >= 4 is 17.6 Å². The molecule has 0 aliphatic carbocycles. The minimum atomic E-state index is -0.682. The Morgan fingerprint density at radius 2 is 1.81 bits per heavy atom. The van der Waals surface area contributed by atoms with Gasteiger partial charge in [-0.25, -0.2) is 0 Å². The molecule has 0 saturated carbocycles. The van der Waals surface area contributed by atoms with Crippen LogP contribution in [0.1, 0.15) is 36.2 Å². The maximum absolute atomic E-state index is 13.0. The fourth-order valence-corrected chi connectivity index (χ4v) is 3.37. The lowest BCUT2D eigenvalue weighted by atomic mass is 10.0. The summed E-state index contributed by atoms with van der Waals surface area (Å²) < 4.78 is 5.38. The summed E-state index contributed by atoms with van der Waals surface area (Å²) in [5.74, 6) is 0.720. The lowest BCUT2D eigenvalue weighted by Crippen LogP contribution is -2.44. The van der Waals surface area contributed by atoms with Crippen molar-refractivity contribution in [1.29, 1.82) is 0 Å². The fraction of sp³-hybridized carbons (Fsp3) is 0.292. The van der Waals surface area contributed by atoms with E-state index in [1.807, 2.05) is 63.2 Å². The summed E-state index contributed by atoms with van der Waals surface area (Å²) in [5, 5.41) is 12.8. The molecule has 2 aromatic carbocycles. The first-order chi connectivity index (χ1) is 14.9. The van der Waals surface area contributed by atoms with E-state index in [-0.39, 0.29) is 17.7 Å². The molecule has 0 aliphatic rings. The number of carbonyl (C=O) groups is 2. The molecule has 0 fully saturated rings. The van der Waals surface area contributed by atoms with Crippen molar-refractivity contribution in [3.63, 3.8) is 0 Å². The normalized spacial score (nSPS) is 11.8. The maximum Gasteiger partial charge on any atom is 0.252 e. The van der Waals surface area contributed by atoms with Crippen LogP contribution in [0.4, 0.5) is 5.82 Å². The van der Waals surface area contributed by atoms with Crippen LogP contribution < -0.4 is 15.4 Å². The Bertz CT molecular complexity index is 1060. The third kappa shape index (κ3) is 5.51. The summed E-state index contributed by atoms with van der Waals surface area (Å²) in [5.41, 5.74) is 2.97. The van der Waals surface area contributed by atoms with E-state index >= 15 is 0 Å². The molecule has 0 spiro atoms. The zero-order valence-corrected chi connectivity index (χ0v) is 18.2. The van der Waals surface area contributed by atoms with Crippen molar-refractivity contribution in [1.82, 2.24) is 15.5 Å². The van der Waals surface area contributed by atoms with Gasteiger partial charge in [0.2, 0.25) is 5.91 Å². The minimum Gasteiger partial charge on any atom is -0.496 e. The molecule has 3 N–H and O–H groups in total. The van der Waals surface area contributed by atoms with Crippen molar-refractivity contribution in [3.05, 3.63) is 65.7 Å². The number of aromatic amines is 1. The molecule has 1 unspecified atom stereocenters. The Balaban J connectivity index is 1.75. The topological polar surface area (TPSA) is 96.1 Å². The standard InChI is InChI=1S/C24H28N4O3/c1-15(2)13-20(25-23(29)17-10-6-5-9-16(17)3)24(30)26-22-14-19(27-28-22)18-11-7-8-12-21(18)31-4/h5-12,14-15,20H,13H2,1-4H3,(H,25,29)(H2,26,27,28,30). The minimum absolute atomic E-state index is 0.219. The molecule has 0 bridgehead atoms. The van der Waals surface area contributed by atoms with Crippen LogP contribution in [0.2, 0.25) is 0 Å². The first-order valence-electron chi connectivity index (χ1n) is 10.2. The van der Waals surface area contributed by atoms with Gasteiger partial charge in [0, 0.05) is 17.2 Å². The SMILES string of the molecule is COc1ccccc1-c1cc(NC(=O)C(CC(C)C)NC(=O)c2ccccc2C)n[nH]1. The van der Waals surface area contributed by atoms with Crippen LogP contribution in [-0.4, -0.2) is 35.2 Å². The second-order valence-corrected chi connectivity index (χ2v) is 7.83. The van der Waals surface area contributed by atoms with Crippen molar-refractivity contribution in [2.24, 2.45) is 5.92 Å². The summed E-state index contributed by atoms with van der Waals surface area (Å²) >= 11 is 0. The molecule has 31 heavy (non-hydrogen) atoms. The number of methoxy groups -OCH3 is 1. The van der Waals surface area contributed by atoms with Gasteiger partial charge in [-0.2, -0.15) is 5.10 Å². The molecule has 3 rings (SSSR count). The van der Waals surface area contributed by atoms with E-state index in [9.17, 15) is 9.59 Å². The number of aryl methyl sites for hydroxylation is 1. The number of amides is 2. The molecular weight excluding hydrogens is 392 g/mol. The average molecular weight is 421 g/mol. The van der Waals surface area contributed by atoms with Crippen molar-refractivity contribution in [3.8, 4) is 17.0 Å². The van der Waals surface area contributed by atoms with Crippen molar-refractivity contribution < 1.29 is 14.3 Å². The van der Waals surface area contributed by atoms with Crippen LogP contribution in [0.25, 0.3) is 11.3 Å². The first-order valence-corrected chi connectivity index (χ1v) is 10.2. The molecule has 7 heteroatoms. The third-order valence-electron chi connectivity index (χ3n) is 4.94. The van der Waals surface area contributed by atoms with Gasteiger partial charge in [-0.1, -0.05) is 44.2 Å². The number of ether oxygens (including phenoxy) is 1. The largest absolute Gasteiger partial charge is 0.496 e. The summed E-state index contributed by atoms with van der Waals surface area (Å²) in [6.07, 6.45) is 0.507. The molecule has 1 heterocycles. The van der Waals surface area contributed by atoms with E-state index in [0.717, 1.165) is 16.8 Å². The van der Waals surface area contributed by atoms with E-state index in [1.54, 1.807) is 19.2 Å². The van der Waals surface area contributed by atoms with E-state index in [4.69, 9.17) is 4.74 Å². The van der Waals surface area contributed by atoms with Crippen LogP contribution in [0.5, 0.6) is 5.75 Å². The highest BCUT2D eigenvalue weighted by Crippen LogP contribution is 2.29. The van der Waals surface area contributed by atoms with Gasteiger partial charge in [-0.05, 0) is 43.0 Å². The zero-order valence-electron chi connectivity index (χ0n) is 18.2. The maximum atomic E-state index is 13.0. The molecule has 7 nitrogen and oxygen atoms in total. The molecule has 3 aromatic rings. The molecule has 2 amide bonds. The van der Waals surface area contributed by atoms with Gasteiger partial charge >= 0.3 is 0 Å². The number of carbonyl (C=O) groups excluding carboxylic acids is 2. The molecular formula is C24H28N4O3. The number of anilines is 1. The van der Waals surface area contributed by atoms with Gasteiger partial charge in [0.05, 0.1) is 12.8 Å². The van der Waals surface area contributed by atoms with Crippen LogP contribution >= 0.6 is 0 Å². The van der Waals surface area contributed by atoms with E-state index in [1.165, 1.54) is 0 Å². The molecule has 162 valence electrons. The highest BCUT2D eigenvalue weighted by Gasteiger charge is 2.24. The first kappa shape index (κ1) is 22.1. The number of H-pyrrole nitrogens is 1. The van der Waals surface area contributed by atoms with E-state index in [2.05, 4.69) is 20.8 Å². The van der Waals surface area contributed by atoms with E-state index < -0.39 is 6.04 Å². The molecule has 0 aliphatic heterocycles. The van der Waals surface area contributed by atoms with Crippen LogP contribution in [-0.2, 0) is 4.79 Å². The molecule has 1 atom stereocenters.